The van der Waals surface area contributed by atoms with Crippen LogP contribution in [0.3, 0.4) is 0 Å². The zero-order chi connectivity index (χ0) is 43.1. The summed E-state index contributed by atoms with van der Waals surface area (Å²) in [5, 5.41) is 18.9. The number of carboxylic acid groups (broad SMARTS) is 1. The molecule has 10 N–H and O–H groups in total. The Morgan fingerprint density at radius 1 is 0.917 bits per heavy atom. The fourth-order valence-electron chi connectivity index (χ4n) is 6.42. The number of carbonyl (C=O) groups excluding carboxylic acids is 2. The predicted octanol–water partition coefficient (Wildman–Crippen LogP) is 1.51. The van der Waals surface area contributed by atoms with Crippen LogP contribution in [0, 0.1) is 0 Å². The second-order valence-electron chi connectivity index (χ2n) is 14.3. The number of nitrogens with one attached hydrogen (secondary N) is 3. The Balaban J connectivity index is 1.05. The number of hydrazine groups is 1. The minimum absolute atomic E-state index is 0.0596. The average Bonchev–Trinajstić information content (AvgIpc) is 3.63. The smallest absolute Gasteiger partial charge is 0.317 e. The molecule has 3 heterocycles. The second-order valence-corrected chi connectivity index (χ2v) is 14.3. The number of fused-ring (bicyclic) bond motifs is 1. The number of urea groups is 1. The molecule has 0 aliphatic carbocycles. The van der Waals surface area contributed by atoms with Crippen molar-refractivity contribution in [2.75, 3.05) is 110 Å². The lowest BCUT2D eigenvalue weighted by Crippen LogP contribution is -2.51. The van der Waals surface area contributed by atoms with Crippen molar-refractivity contribution in [3.63, 3.8) is 0 Å². The number of hydrogen-bond acceptors (Lipinski definition) is 15. The van der Waals surface area contributed by atoms with Crippen molar-refractivity contribution in [1.29, 1.82) is 0 Å². The van der Waals surface area contributed by atoms with Crippen LogP contribution < -0.4 is 38.0 Å². The minimum Gasteiger partial charge on any atom is -0.496 e. The monoisotopic (exact) mass is 840 g/mol. The molecule has 3 amide bonds. The van der Waals surface area contributed by atoms with E-state index in [1.165, 1.54) is 11.2 Å². The fraction of sp³-hybridized carbons (Fsp3) is 0.575. The van der Waals surface area contributed by atoms with Crippen LogP contribution in [-0.2, 0) is 36.9 Å². The number of nitrogens with two attached hydrogens (primary N) is 3. The molecule has 0 unspecified atom stereocenters. The SMILES string of the molecule is CCCCCNc1nc(N)nc2ccn(Cc3ccc(CN4CCN(C(=O)NCCOCCOCCOCCN(N)/C=C(\N)CNC(=O)CCC(=O)O)CC4)cc3OC)c12. The number of aromatic nitrogens is 3. The van der Waals surface area contributed by atoms with E-state index in [2.05, 4.69) is 60.5 Å². The van der Waals surface area contributed by atoms with E-state index in [1.54, 1.807) is 7.11 Å². The molecule has 0 bridgehead atoms. The molecule has 0 saturated carbocycles. The molecule has 0 spiro atoms. The van der Waals surface area contributed by atoms with Crippen LogP contribution in [0.25, 0.3) is 11.0 Å². The first-order valence-corrected chi connectivity index (χ1v) is 20.5. The van der Waals surface area contributed by atoms with Crippen molar-refractivity contribution in [2.45, 2.75) is 52.1 Å². The van der Waals surface area contributed by atoms with Crippen LogP contribution in [0.15, 0.2) is 42.4 Å². The summed E-state index contributed by atoms with van der Waals surface area (Å²) < 4.78 is 24.6. The molecule has 332 valence electrons. The summed E-state index contributed by atoms with van der Waals surface area (Å²) in [5.41, 5.74) is 16.1. The quantitative estimate of drug-likeness (QED) is 0.0310. The van der Waals surface area contributed by atoms with Crippen molar-refractivity contribution >= 4 is 40.7 Å². The Kier molecular flexibility index (Phi) is 20.4. The average molecular weight is 841 g/mol. The van der Waals surface area contributed by atoms with Gasteiger partial charge >= 0.3 is 12.0 Å². The van der Waals surface area contributed by atoms with Gasteiger partial charge in [-0.1, -0.05) is 31.9 Å². The number of hydrogen-bond donors (Lipinski definition) is 7. The maximum absolute atomic E-state index is 12.8. The van der Waals surface area contributed by atoms with Crippen molar-refractivity contribution in [1.82, 2.24) is 40.0 Å². The molecule has 1 aromatic carbocycles. The number of benzene rings is 1. The summed E-state index contributed by atoms with van der Waals surface area (Å²) in [4.78, 5) is 48.0. The molecule has 4 rings (SSSR count). The number of carbonyl (C=O) groups is 3. The van der Waals surface area contributed by atoms with Gasteiger partial charge in [-0.15, -0.1) is 0 Å². The van der Waals surface area contributed by atoms with Crippen LogP contribution in [-0.4, -0.2) is 151 Å². The first-order valence-electron chi connectivity index (χ1n) is 20.5. The maximum atomic E-state index is 12.8. The molecule has 2 aromatic heterocycles. The molecule has 3 aromatic rings. The number of carboxylic acids is 1. The van der Waals surface area contributed by atoms with E-state index in [0.29, 0.717) is 78.1 Å². The van der Waals surface area contributed by atoms with Gasteiger partial charge in [-0.2, -0.15) is 4.98 Å². The van der Waals surface area contributed by atoms with Gasteiger partial charge in [0.15, 0.2) is 5.82 Å². The van der Waals surface area contributed by atoms with Crippen LogP contribution in [0.2, 0.25) is 0 Å². The highest BCUT2D eigenvalue weighted by molar-refractivity contribution is 5.87. The Morgan fingerprint density at radius 2 is 1.65 bits per heavy atom. The van der Waals surface area contributed by atoms with Gasteiger partial charge < -0.3 is 65.9 Å². The first kappa shape index (κ1) is 47.3. The molecule has 1 aliphatic rings. The lowest BCUT2D eigenvalue weighted by molar-refractivity contribution is -0.138. The van der Waals surface area contributed by atoms with Crippen molar-refractivity contribution < 1.29 is 38.4 Å². The molecule has 20 heteroatoms. The number of nitrogen functional groups attached to an aromatic ring is 1. The Labute approximate surface area is 351 Å². The maximum Gasteiger partial charge on any atom is 0.317 e. The van der Waals surface area contributed by atoms with Crippen LogP contribution >= 0.6 is 0 Å². The van der Waals surface area contributed by atoms with Gasteiger partial charge in [-0.05, 0) is 24.1 Å². The summed E-state index contributed by atoms with van der Waals surface area (Å²) in [6, 6.07) is 8.20. The molecule has 1 fully saturated rings. The molecule has 1 aliphatic heterocycles. The first-order chi connectivity index (χ1) is 29.1. The van der Waals surface area contributed by atoms with Crippen molar-refractivity contribution in [3.05, 3.63) is 53.5 Å². The second kappa shape index (κ2) is 25.9. The predicted molar refractivity (Wildman–Crippen MR) is 228 cm³/mol. The number of nitrogens with zero attached hydrogens (tertiary/aromatic N) is 6. The standard InChI is InChI=1S/C40H64N12O8/c1-3-4-5-11-44-38-37-33(47-39(42)48-38)10-13-51(37)28-31-7-6-30(25-34(31)57-2)27-49-14-16-50(17-15-49)40(56)45-12-19-58-21-23-60-24-22-59-20-18-52(43)29-32(41)26-46-35(53)8-9-36(54)55/h6-7,10,13,25,29H,3-5,8-9,11-12,14-24,26-28,41,43H2,1-2H3,(H,45,56)(H,46,53)(H,54,55)(H3,42,44,47,48)/b32-29-. The van der Waals surface area contributed by atoms with E-state index in [0.717, 1.165) is 79.2 Å². The van der Waals surface area contributed by atoms with E-state index in [9.17, 15) is 14.4 Å². The summed E-state index contributed by atoms with van der Waals surface area (Å²) in [7, 11) is 1.69. The number of aliphatic carboxylic acids is 1. The lowest BCUT2D eigenvalue weighted by atomic mass is 10.1. The third-order valence-electron chi connectivity index (χ3n) is 9.61. The van der Waals surface area contributed by atoms with E-state index in [-0.39, 0.29) is 31.4 Å². The summed E-state index contributed by atoms with van der Waals surface area (Å²) in [6.45, 7) is 10.2. The van der Waals surface area contributed by atoms with Gasteiger partial charge in [0, 0.05) is 75.9 Å². The van der Waals surface area contributed by atoms with Crippen LogP contribution in [0.1, 0.15) is 50.2 Å². The van der Waals surface area contributed by atoms with Crippen LogP contribution in [0.4, 0.5) is 16.6 Å². The molecular formula is C40H64N12O8. The Bertz CT molecular complexity index is 1820. The molecule has 20 nitrogen and oxygen atoms in total. The van der Waals surface area contributed by atoms with E-state index >= 15 is 0 Å². The van der Waals surface area contributed by atoms with Crippen molar-refractivity contribution in [2.24, 2.45) is 11.6 Å². The Morgan fingerprint density at radius 3 is 2.37 bits per heavy atom. The fourth-order valence-corrected chi connectivity index (χ4v) is 6.42. The normalized spacial score (nSPS) is 13.4. The van der Waals surface area contributed by atoms with Crippen molar-refractivity contribution in [3.8, 4) is 5.75 Å². The number of piperazine rings is 1. The zero-order valence-corrected chi connectivity index (χ0v) is 35.0. The Hall–Kier alpha value is -5.41. The largest absolute Gasteiger partial charge is 0.496 e. The number of ether oxygens (including phenoxy) is 4. The minimum atomic E-state index is -1.04. The van der Waals surface area contributed by atoms with E-state index in [1.807, 2.05) is 17.2 Å². The number of amides is 3. The molecule has 60 heavy (non-hydrogen) atoms. The molecule has 0 atom stereocenters. The van der Waals surface area contributed by atoms with Crippen LogP contribution in [0.5, 0.6) is 5.75 Å². The highest BCUT2D eigenvalue weighted by atomic mass is 16.5. The highest BCUT2D eigenvalue weighted by Crippen LogP contribution is 2.27. The highest BCUT2D eigenvalue weighted by Gasteiger charge is 2.21. The lowest BCUT2D eigenvalue weighted by Gasteiger charge is -2.34. The van der Waals surface area contributed by atoms with Gasteiger partial charge in [-0.3, -0.25) is 14.5 Å². The van der Waals surface area contributed by atoms with Gasteiger partial charge in [0.2, 0.25) is 11.9 Å². The number of unbranched alkanes of at least 4 members (excludes halogenated alkanes) is 2. The molecule has 0 radical (unpaired) electrons. The summed E-state index contributed by atoms with van der Waals surface area (Å²) in [5.74, 6) is 6.23. The summed E-state index contributed by atoms with van der Waals surface area (Å²) >= 11 is 0. The number of rotatable bonds is 28. The number of methoxy groups -OCH3 is 1. The van der Waals surface area contributed by atoms with E-state index < -0.39 is 11.9 Å². The third kappa shape index (κ3) is 16.7. The molecular weight excluding hydrogens is 777 g/mol. The van der Waals surface area contributed by atoms with E-state index in [4.69, 9.17) is 41.4 Å². The van der Waals surface area contributed by atoms with Gasteiger partial charge in [0.25, 0.3) is 0 Å². The van der Waals surface area contributed by atoms with Gasteiger partial charge in [-0.25, -0.2) is 15.6 Å². The van der Waals surface area contributed by atoms with Gasteiger partial charge in [0.1, 0.15) is 11.3 Å². The zero-order valence-electron chi connectivity index (χ0n) is 35.0. The summed E-state index contributed by atoms with van der Waals surface area (Å²) in [6.07, 6.45) is 6.46. The third-order valence-corrected chi connectivity index (χ3v) is 9.61. The topological polar surface area (TPSA) is 263 Å². The number of anilines is 2. The molecule has 1 saturated heterocycles. The van der Waals surface area contributed by atoms with Gasteiger partial charge in [0.05, 0.1) is 78.3 Å².